The van der Waals surface area contributed by atoms with Gasteiger partial charge in [0.1, 0.15) is 0 Å². The molecule has 0 unspecified atom stereocenters. The Morgan fingerprint density at radius 1 is 1.22 bits per heavy atom. The van der Waals surface area contributed by atoms with Gasteiger partial charge in [-0.25, -0.2) is 0 Å². The summed E-state index contributed by atoms with van der Waals surface area (Å²) in [5.41, 5.74) is 0. The van der Waals surface area contributed by atoms with Crippen LogP contribution in [0.5, 0.6) is 0 Å². The Labute approximate surface area is 60.9 Å². The molecular weight excluding hydrogens is 176 g/mol. The Bertz CT molecular complexity index is 96.5. The summed E-state index contributed by atoms with van der Waals surface area (Å²) in [6.07, 6.45) is -5.17. The first-order chi connectivity index (χ1) is 3.81. The highest BCUT2D eigenvalue weighted by atomic mass is 35.5. The van der Waals surface area contributed by atoms with Crippen molar-refractivity contribution < 1.29 is 13.2 Å². The third-order valence-corrected chi connectivity index (χ3v) is 1.54. The third-order valence-electron chi connectivity index (χ3n) is 0.729. The van der Waals surface area contributed by atoms with Gasteiger partial charge in [0.15, 0.2) is 0 Å². The standard InChI is InChI=1S/C4H4Cl2F3/c1-2-3(5,6)4(7,8)9/h1-2H2. The zero-order valence-corrected chi connectivity index (χ0v) is 5.82. The first-order valence-corrected chi connectivity index (χ1v) is 2.80. The van der Waals surface area contributed by atoms with Crippen LogP contribution in [0, 0.1) is 6.92 Å². The molecule has 0 saturated carbocycles. The average Bonchev–Trinajstić information content (AvgIpc) is 1.64. The predicted octanol–water partition coefficient (Wildman–Crippen LogP) is 2.95. The van der Waals surface area contributed by atoms with Crippen LogP contribution < -0.4 is 0 Å². The van der Waals surface area contributed by atoms with Crippen molar-refractivity contribution in [2.45, 2.75) is 16.9 Å². The smallest absolute Gasteiger partial charge is 0.168 e. The van der Waals surface area contributed by atoms with Gasteiger partial charge in [0.05, 0.1) is 0 Å². The number of hydrogen-bond donors (Lipinski definition) is 0. The molecule has 0 atom stereocenters. The SMILES string of the molecule is [CH2]CC(Cl)(Cl)C(F)(F)F. The lowest BCUT2D eigenvalue weighted by atomic mass is 10.3. The van der Waals surface area contributed by atoms with E-state index in [1.165, 1.54) is 0 Å². The summed E-state index contributed by atoms with van der Waals surface area (Å²) in [5, 5.41) is 0. The molecule has 0 amide bonds. The molecule has 0 aliphatic rings. The van der Waals surface area contributed by atoms with Crippen LogP contribution >= 0.6 is 23.2 Å². The minimum atomic E-state index is -4.59. The maximum atomic E-state index is 11.5. The quantitative estimate of drug-likeness (QED) is 0.544. The molecule has 5 heteroatoms. The lowest BCUT2D eigenvalue weighted by molar-refractivity contribution is -0.140. The van der Waals surface area contributed by atoms with Crippen molar-refractivity contribution in [2.24, 2.45) is 0 Å². The molecule has 0 aliphatic carbocycles. The van der Waals surface area contributed by atoms with Crippen molar-refractivity contribution in [2.75, 3.05) is 0 Å². The second kappa shape index (κ2) is 2.54. The topological polar surface area (TPSA) is 0 Å². The minimum absolute atomic E-state index is 0.584. The maximum absolute atomic E-state index is 11.5. The first-order valence-electron chi connectivity index (χ1n) is 2.05. The molecule has 0 heterocycles. The maximum Gasteiger partial charge on any atom is 0.421 e. The molecule has 0 aromatic heterocycles. The molecule has 9 heavy (non-hydrogen) atoms. The Balaban J connectivity index is 4.14. The van der Waals surface area contributed by atoms with Crippen molar-refractivity contribution in [3.8, 4) is 0 Å². The van der Waals surface area contributed by atoms with Gasteiger partial charge in [0.25, 0.3) is 0 Å². The molecule has 55 valence electrons. The monoisotopic (exact) mass is 179 g/mol. The van der Waals surface area contributed by atoms with E-state index in [9.17, 15) is 13.2 Å². The molecule has 0 N–H and O–H groups in total. The highest BCUT2D eigenvalue weighted by Gasteiger charge is 2.50. The normalized spacial score (nSPS) is 14.0. The van der Waals surface area contributed by atoms with Crippen molar-refractivity contribution in [1.29, 1.82) is 0 Å². The molecule has 0 nitrogen and oxygen atoms in total. The van der Waals surface area contributed by atoms with Gasteiger partial charge in [-0.2, -0.15) is 13.2 Å². The van der Waals surface area contributed by atoms with E-state index in [1.807, 2.05) is 0 Å². The fourth-order valence-corrected chi connectivity index (χ4v) is 0.142. The fourth-order valence-electron chi connectivity index (χ4n) is 0.142. The zero-order valence-electron chi connectivity index (χ0n) is 4.30. The Hall–Kier alpha value is 0.370. The molecule has 0 aromatic rings. The summed E-state index contributed by atoms with van der Waals surface area (Å²) in [6, 6.07) is 0. The molecular formula is C4H4Cl2F3. The van der Waals surface area contributed by atoms with Crippen molar-refractivity contribution in [3.05, 3.63) is 6.92 Å². The Morgan fingerprint density at radius 2 is 1.56 bits per heavy atom. The molecule has 0 saturated heterocycles. The van der Waals surface area contributed by atoms with Crippen LogP contribution in [-0.2, 0) is 0 Å². The molecule has 0 fully saturated rings. The van der Waals surface area contributed by atoms with E-state index >= 15 is 0 Å². The lowest BCUT2D eigenvalue weighted by Crippen LogP contribution is -2.33. The zero-order chi connectivity index (χ0) is 7.71. The average molecular weight is 180 g/mol. The second-order valence-electron chi connectivity index (χ2n) is 1.45. The van der Waals surface area contributed by atoms with E-state index < -0.39 is 16.9 Å². The van der Waals surface area contributed by atoms with Crippen LogP contribution in [0.2, 0.25) is 0 Å². The first kappa shape index (κ1) is 9.37. The largest absolute Gasteiger partial charge is 0.421 e. The van der Waals surface area contributed by atoms with Crippen LogP contribution in [0.4, 0.5) is 13.2 Å². The highest BCUT2D eigenvalue weighted by Crippen LogP contribution is 2.41. The molecule has 0 spiro atoms. The van der Waals surface area contributed by atoms with E-state index in [4.69, 9.17) is 23.2 Å². The van der Waals surface area contributed by atoms with E-state index in [1.54, 1.807) is 0 Å². The van der Waals surface area contributed by atoms with Gasteiger partial charge in [-0.05, 0) is 13.3 Å². The third kappa shape index (κ3) is 2.22. The van der Waals surface area contributed by atoms with E-state index in [-0.39, 0.29) is 0 Å². The van der Waals surface area contributed by atoms with Gasteiger partial charge in [0, 0.05) is 0 Å². The number of halogens is 5. The van der Waals surface area contributed by atoms with Gasteiger partial charge in [-0.15, -0.1) is 0 Å². The number of hydrogen-bond acceptors (Lipinski definition) is 0. The van der Waals surface area contributed by atoms with Crippen LogP contribution in [0.3, 0.4) is 0 Å². The highest BCUT2D eigenvalue weighted by molar-refractivity contribution is 6.49. The lowest BCUT2D eigenvalue weighted by Gasteiger charge is -2.20. The summed E-state index contributed by atoms with van der Waals surface area (Å²) in [4.78, 5) is 0. The van der Waals surface area contributed by atoms with Gasteiger partial charge in [0.2, 0.25) is 4.33 Å². The van der Waals surface area contributed by atoms with Gasteiger partial charge >= 0.3 is 6.18 Å². The van der Waals surface area contributed by atoms with E-state index in [2.05, 4.69) is 6.92 Å². The summed E-state index contributed by atoms with van der Waals surface area (Å²) >= 11 is 9.55. The van der Waals surface area contributed by atoms with Crippen molar-refractivity contribution >= 4 is 23.2 Å². The molecule has 1 radical (unpaired) electrons. The minimum Gasteiger partial charge on any atom is -0.168 e. The molecule has 0 aliphatic heterocycles. The van der Waals surface area contributed by atoms with Crippen molar-refractivity contribution in [1.82, 2.24) is 0 Å². The predicted molar refractivity (Wildman–Crippen MR) is 30.5 cm³/mol. The number of alkyl halides is 5. The molecule has 0 bridgehead atoms. The van der Waals surface area contributed by atoms with E-state index in [0.29, 0.717) is 0 Å². The van der Waals surface area contributed by atoms with Crippen molar-refractivity contribution in [3.63, 3.8) is 0 Å². The van der Waals surface area contributed by atoms with E-state index in [0.717, 1.165) is 0 Å². The van der Waals surface area contributed by atoms with Crippen LogP contribution in [0.25, 0.3) is 0 Å². The summed E-state index contributed by atoms with van der Waals surface area (Å²) in [5.74, 6) is 0. The van der Waals surface area contributed by atoms with Gasteiger partial charge in [-0.1, -0.05) is 23.2 Å². The molecule has 0 aromatic carbocycles. The summed E-state index contributed by atoms with van der Waals surface area (Å²) in [7, 11) is 0. The Morgan fingerprint density at radius 3 is 1.56 bits per heavy atom. The molecule has 0 rings (SSSR count). The number of rotatable bonds is 1. The summed E-state index contributed by atoms with van der Waals surface area (Å²) in [6.45, 7) is 2.94. The van der Waals surface area contributed by atoms with Crippen LogP contribution in [0.1, 0.15) is 6.42 Å². The fraction of sp³-hybridized carbons (Fsp3) is 0.750. The van der Waals surface area contributed by atoms with Crippen LogP contribution in [0.15, 0.2) is 0 Å². The second-order valence-corrected chi connectivity index (χ2v) is 2.94. The Kier molecular flexibility index (Phi) is 2.65. The van der Waals surface area contributed by atoms with Gasteiger partial charge in [-0.3, -0.25) is 0 Å². The van der Waals surface area contributed by atoms with Gasteiger partial charge < -0.3 is 0 Å². The van der Waals surface area contributed by atoms with Crippen LogP contribution in [-0.4, -0.2) is 10.5 Å². The summed E-state index contributed by atoms with van der Waals surface area (Å²) < 4.78 is 31.9.